The number of rotatable bonds is 2. The molecule has 0 radical (unpaired) electrons. The van der Waals surface area contributed by atoms with Crippen LogP contribution in [0.3, 0.4) is 0 Å². The Bertz CT molecular complexity index is 878. The van der Waals surface area contributed by atoms with E-state index in [0.29, 0.717) is 5.56 Å². The first-order valence-electron chi connectivity index (χ1n) is 6.37. The number of hydrogen-bond donors (Lipinski definition) is 0. The molecule has 0 aliphatic carbocycles. The Kier molecular flexibility index (Phi) is 3.92. The van der Waals surface area contributed by atoms with E-state index in [1.54, 1.807) is 6.07 Å². The molecule has 0 bridgehead atoms. The van der Waals surface area contributed by atoms with Crippen LogP contribution < -0.4 is 0 Å². The van der Waals surface area contributed by atoms with Crippen molar-refractivity contribution in [2.24, 2.45) is 4.99 Å². The Morgan fingerprint density at radius 2 is 1.83 bits per heavy atom. The van der Waals surface area contributed by atoms with E-state index >= 15 is 0 Å². The third-order valence-electron chi connectivity index (χ3n) is 3.01. The van der Waals surface area contributed by atoms with E-state index in [0.717, 1.165) is 12.1 Å². The average Bonchev–Trinajstić information content (AvgIpc) is 2.84. The Balaban J connectivity index is 2.00. The molecule has 2 aromatic rings. The van der Waals surface area contributed by atoms with Gasteiger partial charge in [0, 0.05) is 0 Å². The van der Waals surface area contributed by atoms with Gasteiger partial charge in [-0.25, -0.2) is 23.0 Å². The van der Waals surface area contributed by atoms with Gasteiger partial charge in [-0.3, -0.25) is 0 Å². The van der Waals surface area contributed by atoms with Gasteiger partial charge in [0.05, 0.1) is 10.6 Å². The zero-order chi connectivity index (χ0) is 16.6. The van der Waals surface area contributed by atoms with Crippen molar-refractivity contribution in [3.05, 3.63) is 75.7 Å². The van der Waals surface area contributed by atoms with Crippen LogP contribution in [0.25, 0.3) is 6.08 Å². The van der Waals surface area contributed by atoms with Gasteiger partial charge in [0.2, 0.25) is 5.90 Å². The van der Waals surface area contributed by atoms with Crippen molar-refractivity contribution >= 4 is 29.5 Å². The Morgan fingerprint density at radius 1 is 1.09 bits per heavy atom. The molecule has 0 saturated heterocycles. The van der Waals surface area contributed by atoms with Crippen molar-refractivity contribution in [2.75, 3.05) is 0 Å². The van der Waals surface area contributed by atoms with E-state index < -0.39 is 23.4 Å². The summed E-state index contributed by atoms with van der Waals surface area (Å²) in [6.45, 7) is 0. The molecule has 1 heterocycles. The number of nitrogens with zero attached hydrogens (tertiary/aromatic N) is 1. The Morgan fingerprint density at radius 3 is 2.57 bits per heavy atom. The van der Waals surface area contributed by atoms with Crippen molar-refractivity contribution in [1.29, 1.82) is 0 Å². The summed E-state index contributed by atoms with van der Waals surface area (Å²) in [5.41, 5.74) is 0.242. The molecule has 116 valence electrons. The molecular formula is C16H7ClF3NO2. The summed E-state index contributed by atoms with van der Waals surface area (Å²) < 4.78 is 44.4. The number of benzene rings is 2. The maximum atomic E-state index is 13.3. The van der Waals surface area contributed by atoms with Crippen LogP contribution in [0, 0.1) is 17.5 Å². The van der Waals surface area contributed by atoms with Crippen molar-refractivity contribution < 1.29 is 22.7 Å². The molecule has 23 heavy (non-hydrogen) atoms. The lowest BCUT2D eigenvalue weighted by molar-refractivity contribution is -0.129. The summed E-state index contributed by atoms with van der Waals surface area (Å²) in [4.78, 5) is 15.7. The monoisotopic (exact) mass is 337 g/mol. The minimum absolute atomic E-state index is 0.0541. The molecular weight excluding hydrogens is 331 g/mol. The average molecular weight is 338 g/mol. The fraction of sp³-hybridized carbons (Fsp3) is 0. The van der Waals surface area contributed by atoms with Crippen LogP contribution in [-0.4, -0.2) is 11.9 Å². The second-order valence-electron chi connectivity index (χ2n) is 4.64. The third-order valence-corrected chi connectivity index (χ3v) is 3.33. The molecule has 0 amide bonds. The van der Waals surface area contributed by atoms with Crippen molar-refractivity contribution in [3.8, 4) is 0 Å². The molecule has 0 aromatic heterocycles. The first kappa shape index (κ1) is 15.3. The van der Waals surface area contributed by atoms with Crippen LogP contribution in [0.1, 0.15) is 11.1 Å². The minimum Gasteiger partial charge on any atom is -0.402 e. The topological polar surface area (TPSA) is 38.7 Å². The van der Waals surface area contributed by atoms with Crippen molar-refractivity contribution in [1.82, 2.24) is 0 Å². The highest BCUT2D eigenvalue weighted by molar-refractivity contribution is 6.34. The fourth-order valence-electron chi connectivity index (χ4n) is 1.97. The SMILES string of the molecule is O=C1OC(c2cc(F)c(F)cc2Cl)=N/C1=C\c1cccc(F)c1. The van der Waals surface area contributed by atoms with Crippen molar-refractivity contribution in [3.63, 3.8) is 0 Å². The van der Waals surface area contributed by atoms with Crippen molar-refractivity contribution in [2.45, 2.75) is 0 Å². The lowest BCUT2D eigenvalue weighted by Gasteiger charge is -2.03. The minimum atomic E-state index is -1.15. The van der Waals surface area contributed by atoms with E-state index in [4.69, 9.17) is 16.3 Å². The maximum Gasteiger partial charge on any atom is 0.363 e. The van der Waals surface area contributed by atoms with Crippen LogP contribution in [0.2, 0.25) is 5.02 Å². The predicted octanol–water partition coefficient (Wildman–Crippen LogP) is 4.10. The van der Waals surface area contributed by atoms with E-state index in [1.165, 1.54) is 24.3 Å². The van der Waals surface area contributed by atoms with Crippen LogP contribution >= 0.6 is 11.6 Å². The third kappa shape index (κ3) is 3.12. The van der Waals surface area contributed by atoms with Crippen LogP contribution in [-0.2, 0) is 9.53 Å². The lowest BCUT2D eigenvalue weighted by atomic mass is 10.2. The van der Waals surface area contributed by atoms with E-state index in [1.807, 2.05) is 0 Å². The molecule has 1 aliphatic heterocycles. The summed E-state index contributed by atoms with van der Waals surface area (Å²) in [6.07, 6.45) is 1.31. The first-order valence-corrected chi connectivity index (χ1v) is 6.75. The largest absolute Gasteiger partial charge is 0.402 e. The van der Waals surface area contributed by atoms with Gasteiger partial charge in [0.25, 0.3) is 0 Å². The molecule has 7 heteroatoms. The second-order valence-corrected chi connectivity index (χ2v) is 5.04. The van der Waals surface area contributed by atoms with Crippen LogP contribution in [0.5, 0.6) is 0 Å². The number of aliphatic imine (C=N–C) groups is 1. The Labute approximate surface area is 133 Å². The highest BCUT2D eigenvalue weighted by Crippen LogP contribution is 2.26. The van der Waals surface area contributed by atoms with Gasteiger partial charge in [-0.05, 0) is 35.9 Å². The summed E-state index contributed by atoms with van der Waals surface area (Å²) in [7, 11) is 0. The van der Waals surface area contributed by atoms with Gasteiger partial charge in [-0.1, -0.05) is 23.7 Å². The number of carbonyl (C=O) groups is 1. The standard InChI is InChI=1S/C16H7ClF3NO2/c17-11-7-13(20)12(19)6-10(11)15-21-14(16(22)23-15)5-8-2-1-3-9(18)4-8/h1-7H/b14-5-. The Hall–Kier alpha value is -2.60. The van der Waals surface area contributed by atoms with Gasteiger partial charge in [0.15, 0.2) is 17.3 Å². The van der Waals surface area contributed by atoms with Gasteiger partial charge in [0.1, 0.15) is 5.82 Å². The number of halogens is 4. The normalized spacial score (nSPS) is 15.7. The summed E-state index contributed by atoms with van der Waals surface area (Å²) >= 11 is 5.81. The number of esters is 1. The smallest absolute Gasteiger partial charge is 0.363 e. The zero-order valence-corrected chi connectivity index (χ0v) is 12.1. The molecule has 3 rings (SSSR count). The number of cyclic esters (lactones) is 1. The highest BCUT2D eigenvalue weighted by atomic mass is 35.5. The molecule has 0 atom stereocenters. The fourth-order valence-corrected chi connectivity index (χ4v) is 2.20. The van der Waals surface area contributed by atoms with E-state index in [-0.39, 0.29) is 22.2 Å². The summed E-state index contributed by atoms with van der Waals surface area (Å²) in [5.74, 6) is -3.80. The number of carbonyl (C=O) groups excluding carboxylic acids is 1. The second kappa shape index (κ2) is 5.89. The summed E-state index contributed by atoms with van der Waals surface area (Å²) in [6, 6.07) is 7.05. The molecule has 0 saturated carbocycles. The van der Waals surface area contributed by atoms with E-state index in [9.17, 15) is 18.0 Å². The van der Waals surface area contributed by atoms with Crippen LogP contribution in [0.4, 0.5) is 13.2 Å². The zero-order valence-electron chi connectivity index (χ0n) is 11.3. The summed E-state index contributed by atoms with van der Waals surface area (Å²) in [5, 5.41) is -0.151. The maximum absolute atomic E-state index is 13.3. The molecule has 0 unspecified atom stereocenters. The van der Waals surface area contributed by atoms with Gasteiger partial charge < -0.3 is 4.74 Å². The molecule has 2 aromatic carbocycles. The van der Waals surface area contributed by atoms with Crippen LogP contribution in [0.15, 0.2) is 47.1 Å². The molecule has 0 spiro atoms. The number of ether oxygens (including phenoxy) is 1. The molecule has 0 N–H and O–H groups in total. The molecule has 3 nitrogen and oxygen atoms in total. The number of hydrogen-bond acceptors (Lipinski definition) is 3. The van der Waals surface area contributed by atoms with Gasteiger partial charge >= 0.3 is 5.97 Å². The lowest BCUT2D eigenvalue weighted by Crippen LogP contribution is -2.07. The highest BCUT2D eigenvalue weighted by Gasteiger charge is 2.26. The van der Waals surface area contributed by atoms with Gasteiger partial charge in [-0.2, -0.15) is 0 Å². The quantitative estimate of drug-likeness (QED) is 0.470. The first-order chi connectivity index (χ1) is 10.9. The van der Waals surface area contributed by atoms with E-state index in [2.05, 4.69) is 4.99 Å². The predicted molar refractivity (Wildman–Crippen MR) is 78.4 cm³/mol. The van der Waals surface area contributed by atoms with Gasteiger partial charge in [-0.15, -0.1) is 0 Å². The molecule has 1 aliphatic rings. The molecule has 0 fully saturated rings.